The van der Waals surface area contributed by atoms with Gasteiger partial charge in [0.2, 0.25) is 0 Å². The summed E-state index contributed by atoms with van der Waals surface area (Å²) >= 11 is 0. The standard InChI is InChI=1S/C24H46NO3/c26-25(27-23-19-15-11-7-3-1-4-8-12-16-20-23)28-24-21-17-13-9-5-2-6-10-14-18-22-24/h23-24H,1-22H2/q+1. The SMILES string of the molecule is O=[N+](OC1CCCCCCCCCCC1)OC1CCCCCCCCCCC1. The fraction of sp³-hybridized carbons (Fsp3) is 1.00. The van der Waals surface area contributed by atoms with Gasteiger partial charge in [-0.1, -0.05) is 89.9 Å². The van der Waals surface area contributed by atoms with Crippen molar-refractivity contribution in [1.29, 1.82) is 0 Å². The molecule has 0 radical (unpaired) electrons. The zero-order valence-corrected chi connectivity index (χ0v) is 18.4. The first-order chi connectivity index (χ1) is 13.8. The summed E-state index contributed by atoms with van der Waals surface area (Å²) in [5.41, 5.74) is 0. The second-order valence-corrected chi connectivity index (χ2v) is 9.20. The molecule has 0 aromatic rings. The molecule has 0 heterocycles. The van der Waals surface area contributed by atoms with Gasteiger partial charge in [0.15, 0.2) is 12.2 Å². The lowest BCUT2D eigenvalue weighted by molar-refractivity contribution is -0.993. The molecule has 4 nitrogen and oxygen atoms in total. The smallest absolute Gasteiger partial charge is 0.183 e. The summed E-state index contributed by atoms with van der Waals surface area (Å²) in [5, 5.41) is 0.493. The van der Waals surface area contributed by atoms with Crippen LogP contribution in [0.25, 0.3) is 0 Å². The van der Waals surface area contributed by atoms with E-state index in [1.165, 1.54) is 116 Å². The van der Waals surface area contributed by atoms with Gasteiger partial charge >= 0.3 is 5.09 Å². The average Bonchev–Trinajstić information content (AvgIpc) is 2.66. The van der Waals surface area contributed by atoms with Gasteiger partial charge in [-0.05, 0) is 51.4 Å². The van der Waals surface area contributed by atoms with Crippen molar-refractivity contribution in [3.8, 4) is 0 Å². The van der Waals surface area contributed by atoms with Crippen LogP contribution in [0.2, 0.25) is 0 Å². The predicted molar refractivity (Wildman–Crippen MR) is 115 cm³/mol. The van der Waals surface area contributed by atoms with E-state index in [4.69, 9.17) is 9.68 Å². The van der Waals surface area contributed by atoms with Crippen LogP contribution < -0.4 is 0 Å². The Morgan fingerprint density at radius 3 is 0.857 bits per heavy atom. The highest BCUT2D eigenvalue weighted by Crippen LogP contribution is 2.21. The Kier molecular flexibility index (Phi) is 13.5. The van der Waals surface area contributed by atoms with Gasteiger partial charge in [-0.2, -0.15) is 9.68 Å². The molecule has 0 saturated heterocycles. The van der Waals surface area contributed by atoms with Crippen LogP contribution in [-0.4, -0.2) is 17.3 Å². The van der Waals surface area contributed by atoms with Crippen molar-refractivity contribution in [2.75, 3.05) is 0 Å². The van der Waals surface area contributed by atoms with Gasteiger partial charge in [-0.25, -0.2) is 0 Å². The van der Waals surface area contributed by atoms with Gasteiger partial charge in [0.25, 0.3) is 0 Å². The van der Waals surface area contributed by atoms with E-state index in [0.717, 1.165) is 25.7 Å². The normalized spacial score (nSPS) is 24.0. The third-order valence-electron chi connectivity index (χ3n) is 6.57. The molecule has 2 fully saturated rings. The van der Waals surface area contributed by atoms with Crippen molar-refractivity contribution >= 4 is 0 Å². The summed E-state index contributed by atoms with van der Waals surface area (Å²) in [6.45, 7) is 0. The molecule has 2 rings (SSSR count). The predicted octanol–water partition coefficient (Wildman–Crippen LogP) is 7.98. The molecule has 0 bridgehead atoms. The summed E-state index contributed by atoms with van der Waals surface area (Å²) in [7, 11) is 0. The van der Waals surface area contributed by atoms with Gasteiger partial charge in [0.1, 0.15) is 4.91 Å². The third-order valence-corrected chi connectivity index (χ3v) is 6.57. The zero-order valence-electron chi connectivity index (χ0n) is 18.4. The van der Waals surface area contributed by atoms with Crippen LogP contribution in [0.3, 0.4) is 0 Å². The van der Waals surface area contributed by atoms with E-state index in [2.05, 4.69) is 0 Å². The highest BCUT2D eigenvalue weighted by molar-refractivity contribution is 4.61. The van der Waals surface area contributed by atoms with Crippen LogP contribution in [0.5, 0.6) is 0 Å². The summed E-state index contributed by atoms with van der Waals surface area (Å²) < 4.78 is 0. The van der Waals surface area contributed by atoms with E-state index >= 15 is 0 Å². The Morgan fingerprint density at radius 1 is 0.393 bits per heavy atom. The molecule has 28 heavy (non-hydrogen) atoms. The summed E-state index contributed by atoms with van der Waals surface area (Å²) in [6.07, 6.45) is 27.3. The van der Waals surface area contributed by atoms with Gasteiger partial charge in [-0.3, -0.25) is 0 Å². The monoisotopic (exact) mass is 396 g/mol. The lowest BCUT2D eigenvalue weighted by Crippen LogP contribution is -2.26. The fourth-order valence-corrected chi connectivity index (χ4v) is 4.73. The van der Waals surface area contributed by atoms with Crippen LogP contribution in [0.4, 0.5) is 0 Å². The maximum atomic E-state index is 12.4. The van der Waals surface area contributed by atoms with Gasteiger partial charge in [0, 0.05) is 0 Å². The maximum absolute atomic E-state index is 12.4. The van der Waals surface area contributed by atoms with E-state index in [1.807, 2.05) is 0 Å². The number of hydrogen-bond donors (Lipinski definition) is 0. The van der Waals surface area contributed by atoms with E-state index < -0.39 is 0 Å². The molecule has 0 unspecified atom stereocenters. The van der Waals surface area contributed by atoms with Crippen LogP contribution in [0.1, 0.15) is 141 Å². The minimum atomic E-state index is 0.0307. The van der Waals surface area contributed by atoms with Gasteiger partial charge in [-0.15, -0.1) is 0 Å². The molecule has 0 atom stereocenters. The molecule has 4 heteroatoms. The quantitative estimate of drug-likeness (QED) is 0.452. The lowest BCUT2D eigenvalue weighted by Gasteiger charge is -2.15. The average molecular weight is 397 g/mol. The molecule has 2 aliphatic rings. The summed E-state index contributed by atoms with van der Waals surface area (Å²) in [6, 6.07) is 0. The van der Waals surface area contributed by atoms with Crippen molar-refractivity contribution in [3.63, 3.8) is 0 Å². The Labute approximate surface area is 173 Å². The summed E-state index contributed by atoms with van der Waals surface area (Å²) in [5.74, 6) is 0. The molecule has 164 valence electrons. The van der Waals surface area contributed by atoms with Gasteiger partial charge in [0.05, 0.1) is 0 Å². The van der Waals surface area contributed by atoms with Crippen molar-refractivity contribution in [2.45, 2.75) is 153 Å². The first-order valence-electron chi connectivity index (χ1n) is 12.7. The van der Waals surface area contributed by atoms with Gasteiger partial charge < -0.3 is 0 Å². The molecule has 2 aliphatic carbocycles. The molecule has 0 aliphatic heterocycles. The molecule has 0 aromatic heterocycles. The highest BCUT2D eigenvalue weighted by Gasteiger charge is 2.27. The molecule has 0 amide bonds. The molecular weight excluding hydrogens is 350 g/mol. The zero-order chi connectivity index (χ0) is 19.7. The molecule has 0 spiro atoms. The van der Waals surface area contributed by atoms with Crippen molar-refractivity contribution < 1.29 is 14.8 Å². The number of nitrogens with zero attached hydrogens (tertiary/aromatic N) is 1. The third kappa shape index (κ3) is 11.9. The van der Waals surface area contributed by atoms with Crippen LogP contribution >= 0.6 is 0 Å². The molecule has 0 aromatic carbocycles. The van der Waals surface area contributed by atoms with Crippen molar-refractivity contribution in [2.24, 2.45) is 0 Å². The summed E-state index contributed by atoms with van der Waals surface area (Å²) in [4.78, 5) is 23.9. The lowest BCUT2D eigenvalue weighted by atomic mass is 9.99. The Balaban J connectivity index is 1.73. The largest absolute Gasteiger partial charge is 0.478 e. The highest BCUT2D eigenvalue weighted by atomic mass is 17.0. The first kappa shape index (κ1) is 23.5. The van der Waals surface area contributed by atoms with Crippen LogP contribution in [-0.2, 0) is 9.68 Å². The number of hydrogen-bond acceptors (Lipinski definition) is 3. The van der Waals surface area contributed by atoms with Crippen molar-refractivity contribution in [3.05, 3.63) is 4.91 Å². The number of rotatable bonds is 4. The van der Waals surface area contributed by atoms with E-state index in [0.29, 0.717) is 5.09 Å². The topological polar surface area (TPSA) is 38.5 Å². The molecule has 2 saturated carbocycles. The van der Waals surface area contributed by atoms with E-state index in [-0.39, 0.29) is 12.2 Å². The fourth-order valence-electron chi connectivity index (χ4n) is 4.73. The Bertz CT molecular complexity index is 330. The second kappa shape index (κ2) is 16.0. The second-order valence-electron chi connectivity index (χ2n) is 9.20. The molecule has 0 N–H and O–H groups in total. The maximum Gasteiger partial charge on any atom is 0.478 e. The molecular formula is C24H46NO3+. The van der Waals surface area contributed by atoms with Crippen molar-refractivity contribution in [1.82, 2.24) is 0 Å². The van der Waals surface area contributed by atoms with E-state index in [9.17, 15) is 4.91 Å². The van der Waals surface area contributed by atoms with Crippen LogP contribution in [0, 0.1) is 4.91 Å². The van der Waals surface area contributed by atoms with E-state index in [1.54, 1.807) is 0 Å². The Morgan fingerprint density at radius 2 is 0.607 bits per heavy atom. The Hall–Kier alpha value is -0.800. The first-order valence-corrected chi connectivity index (χ1v) is 12.7. The van der Waals surface area contributed by atoms with Crippen LogP contribution in [0.15, 0.2) is 0 Å². The minimum absolute atomic E-state index is 0.0307. The minimum Gasteiger partial charge on any atom is -0.183 e.